The summed E-state index contributed by atoms with van der Waals surface area (Å²) in [6.45, 7) is 1.92. The van der Waals surface area contributed by atoms with E-state index in [1.807, 2.05) is 13.0 Å². The van der Waals surface area contributed by atoms with Gasteiger partial charge >= 0.3 is 0 Å². The fraction of sp³-hybridized carbons (Fsp3) is 0.286. The van der Waals surface area contributed by atoms with Crippen LogP contribution in [0.4, 0.5) is 4.39 Å². The molecule has 100 valence electrons. The molecule has 4 nitrogen and oxygen atoms in total. The maximum Gasteiger partial charge on any atom is 0.165 e. The van der Waals surface area contributed by atoms with Crippen molar-refractivity contribution in [2.45, 2.75) is 19.4 Å². The summed E-state index contributed by atoms with van der Waals surface area (Å²) in [5.41, 5.74) is 7.33. The summed E-state index contributed by atoms with van der Waals surface area (Å²) in [5.74, 6) is 0.313. The van der Waals surface area contributed by atoms with Crippen LogP contribution in [0.1, 0.15) is 12.6 Å². The molecule has 19 heavy (non-hydrogen) atoms. The van der Waals surface area contributed by atoms with E-state index in [-0.39, 0.29) is 11.8 Å². The molecule has 0 fully saturated rings. The number of nitrogens with two attached hydrogens (primary N) is 1. The van der Waals surface area contributed by atoms with Gasteiger partial charge in [0.15, 0.2) is 17.4 Å². The average molecular weight is 261 g/mol. The average Bonchev–Trinajstić information content (AvgIpc) is 2.39. The summed E-state index contributed by atoms with van der Waals surface area (Å²) in [6, 6.07) is 6.41. The number of halogens is 1. The van der Waals surface area contributed by atoms with Crippen molar-refractivity contribution in [1.29, 1.82) is 0 Å². The molecular formula is C14H16FN3O. The molecule has 0 aliphatic rings. The van der Waals surface area contributed by atoms with Crippen LogP contribution in [0.15, 0.2) is 30.5 Å². The highest BCUT2D eigenvalue weighted by molar-refractivity contribution is 5.57. The summed E-state index contributed by atoms with van der Waals surface area (Å²) in [6.07, 6.45) is 2.35. The van der Waals surface area contributed by atoms with E-state index in [0.717, 1.165) is 5.69 Å². The predicted molar refractivity (Wildman–Crippen MR) is 71.3 cm³/mol. The van der Waals surface area contributed by atoms with Gasteiger partial charge in [0, 0.05) is 29.9 Å². The van der Waals surface area contributed by atoms with Gasteiger partial charge < -0.3 is 10.5 Å². The zero-order valence-electron chi connectivity index (χ0n) is 10.9. The maximum atomic E-state index is 13.4. The van der Waals surface area contributed by atoms with Crippen molar-refractivity contribution in [2.24, 2.45) is 5.73 Å². The second kappa shape index (κ2) is 5.75. The van der Waals surface area contributed by atoms with Crippen LogP contribution in [-0.4, -0.2) is 23.1 Å². The molecule has 0 spiro atoms. The van der Waals surface area contributed by atoms with Crippen molar-refractivity contribution in [2.75, 3.05) is 7.11 Å². The summed E-state index contributed by atoms with van der Waals surface area (Å²) < 4.78 is 18.3. The molecule has 0 saturated carbocycles. The third-order valence-electron chi connectivity index (χ3n) is 2.65. The minimum Gasteiger partial charge on any atom is -0.494 e. The van der Waals surface area contributed by atoms with E-state index in [1.165, 1.54) is 13.2 Å². The van der Waals surface area contributed by atoms with Gasteiger partial charge in [-0.2, -0.15) is 0 Å². The van der Waals surface area contributed by atoms with Gasteiger partial charge in [-0.05, 0) is 31.2 Å². The molecule has 1 unspecified atom stereocenters. The highest BCUT2D eigenvalue weighted by Crippen LogP contribution is 2.24. The van der Waals surface area contributed by atoms with Gasteiger partial charge in [-0.25, -0.2) is 14.4 Å². The summed E-state index contributed by atoms with van der Waals surface area (Å²) in [7, 11) is 1.43. The normalized spacial score (nSPS) is 12.2. The minimum absolute atomic E-state index is 0.0329. The molecule has 1 aromatic carbocycles. The first-order valence-corrected chi connectivity index (χ1v) is 6.01. The van der Waals surface area contributed by atoms with Crippen LogP contribution in [0.3, 0.4) is 0 Å². The van der Waals surface area contributed by atoms with E-state index in [4.69, 9.17) is 10.5 Å². The highest BCUT2D eigenvalue weighted by atomic mass is 19.1. The summed E-state index contributed by atoms with van der Waals surface area (Å²) in [5, 5.41) is 0. The van der Waals surface area contributed by atoms with Crippen LogP contribution in [-0.2, 0) is 6.42 Å². The van der Waals surface area contributed by atoms with Crippen molar-refractivity contribution < 1.29 is 9.13 Å². The first-order valence-electron chi connectivity index (χ1n) is 6.01. The van der Waals surface area contributed by atoms with Crippen molar-refractivity contribution in [3.63, 3.8) is 0 Å². The Kier molecular flexibility index (Phi) is 4.06. The van der Waals surface area contributed by atoms with E-state index >= 15 is 0 Å². The van der Waals surface area contributed by atoms with E-state index in [1.54, 1.807) is 18.3 Å². The zero-order valence-corrected chi connectivity index (χ0v) is 10.9. The summed E-state index contributed by atoms with van der Waals surface area (Å²) in [4.78, 5) is 8.61. The fourth-order valence-corrected chi connectivity index (χ4v) is 1.78. The molecule has 5 heteroatoms. The van der Waals surface area contributed by atoms with Crippen molar-refractivity contribution >= 4 is 0 Å². The Balaban J connectivity index is 2.36. The lowest BCUT2D eigenvalue weighted by molar-refractivity contribution is 0.386. The van der Waals surface area contributed by atoms with E-state index in [2.05, 4.69) is 9.97 Å². The Morgan fingerprint density at radius 2 is 2.16 bits per heavy atom. The molecule has 1 atom stereocenters. The molecule has 0 amide bonds. The maximum absolute atomic E-state index is 13.4. The van der Waals surface area contributed by atoms with E-state index < -0.39 is 5.82 Å². The van der Waals surface area contributed by atoms with Gasteiger partial charge in [0.05, 0.1) is 7.11 Å². The SMILES string of the molecule is COc1cc(-c2nccc(CC(C)N)n2)ccc1F. The standard InChI is InChI=1S/C14H16FN3O/c1-9(16)7-11-5-6-17-14(18-11)10-3-4-12(15)13(8-10)19-2/h3-6,8-9H,7,16H2,1-2H3. The molecule has 2 rings (SSSR count). The van der Waals surface area contributed by atoms with Crippen LogP contribution >= 0.6 is 0 Å². The lowest BCUT2D eigenvalue weighted by Gasteiger charge is -2.07. The Labute approximate surface area is 111 Å². The molecule has 0 aliphatic heterocycles. The van der Waals surface area contributed by atoms with E-state index in [0.29, 0.717) is 17.8 Å². The number of aromatic nitrogens is 2. The number of methoxy groups -OCH3 is 1. The van der Waals surface area contributed by atoms with Gasteiger partial charge in [-0.15, -0.1) is 0 Å². The molecule has 0 saturated heterocycles. The largest absolute Gasteiger partial charge is 0.494 e. The molecule has 2 aromatic rings. The van der Waals surface area contributed by atoms with Crippen LogP contribution < -0.4 is 10.5 Å². The lowest BCUT2D eigenvalue weighted by atomic mass is 10.1. The molecular weight excluding hydrogens is 245 g/mol. The molecule has 1 heterocycles. The van der Waals surface area contributed by atoms with Crippen molar-refractivity contribution in [3.05, 3.63) is 42.0 Å². The Hall–Kier alpha value is -2.01. The first kappa shape index (κ1) is 13.4. The topological polar surface area (TPSA) is 61.0 Å². The second-order valence-electron chi connectivity index (χ2n) is 4.40. The fourth-order valence-electron chi connectivity index (χ4n) is 1.78. The first-order chi connectivity index (χ1) is 9.10. The number of rotatable bonds is 4. The third kappa shape index (κ3) is 3.26. The Bertz CT molecular complexity index is 572. The van der Waals surface area contributed by atoms with Gasteiger partial charge in [0.25, 0.3) is 0 Å². The van der Waals surface area contributed by atoms with Crippen LogP contribution in [0.25, 0.3) is 11.4 Å². The summed E-state index contributed by atoms with van der Waals surface area (Å²) >= 11 is 0. The quantitative estimate of drug-likeness (QED) is 0.916. The lowest BCUT2D eigenvalue weighted by Crippen LogP contribution is -2.18. The van der Waals surface area contributed by atoms with Crippen LogP contribution in [0.2, 0.25) is 0 Å². The molecule has 1 aromatic heterocycles. The number of nitrogens with zero attached hydrogens (tertiary/aromatic N) is 2. The van der Waals surface area contributed by atoms with Gasteiger partial charge in [-0.3, -0.25) is 0 Å². The number of benzene rings is 1. The highest BCUT2D eigenvalue weighted by Gasteiger charge is 2.08. The smallest absolute Gasteiger partial charge is 0.165 e. The molecule has 0 aliphatic carbocycles. The van der Waals surface area contributed by atoms with Crippen molar-refractivity contribution in [3.8, 4) is 17.1 Å². The van der Waals surface area contributed by atoms with Gasteiger partial charge in [-0.1, -0.05) is 0 Å². The Morgan fingerprint density at radius 1 is 1.37 bits per heavy atom. The molecule has 0 radical (unpaired) electrons. The second-order valence-corrected chi connectivity index (χ2v) is 4.40. The number of hydrogen-bond acceptors (Lipinski definition) is 4. The van der Waals surface area contributed by atoms with Crippen LogP contribution in [0, 0.1) is 5.82 Å². The van der Waals surface area contributed by atoms with Gasteiger partial charge in [0.2, 0.25) is 0 Å². The number of hydrogen-bond donors (Lipinski definition) is 1. The molecule has 0 bridgehead atoms. The predicted octanol–water partition coefficient (Wildman–Crippen LogP) is 2.18. The van der Waals surface area contributed by atoms with E-state index in [9.17, 15) is 4.39 Å². The molecule has 2 N–H and O–H groups in total. The van der Waals surface area contributed by atoms with Gasteiger partial charge in [0.1, 0.15) is 0 Å². The minimum atomic E-state index is -0.405. The van der Waals surface area contributed by atoms with Crippen molar-refractivity contribution in [1.82, 2.24) is 9.97 Å². The third-order valence-corrected chi connectivity index (χ3v) is 2.65. The number of ether oxygens (including phenoxy) is 1. The Morgan fingerprint density at radius 3 is 2.84 bits per heavy atom. The monoisotopic (exact) mass is 261 g/mol. The van der Waals surface area contributed by atoms with Crippen LogP contribution in [0.5, 0.6) is 5.75 Å². The zero-order chi connectivity index (χ0) is 13.8.